The average Bonchev–Trinajstić information content (AvgIpc) is 2.47. The predicted octanol–water partition coefficient (Wildman–Crippen LogP) is 2.62. The number of hydrogen-bond donors (Lipinski definition) is 2. The van der Waals surface area contributed by atoms with Crippen LogP contribution in [0.25, 0.3) is 0 Å². The molecule has 1 unspecified atom stereocenters. The first-order valence-corrected chi connectivity index (χ1v) is 5.63. The fourth-order valence-electron chi connectivity index (χ4n) is 1.08. The van der Waals surface area contributed by atoms with Crippen molar-refractivity contribution in [2.24, 2.45) is 0 Å². The summed E-state index contributed by atoms with van der Waals surface area (Å²) in [5, 5.41) is 10.9. The molecule has 1 aromatic heterocycles. The molecule has 78 valence electrons. The van der Waals surface area contributed by atoms with Gasteiger partial charge in [-0.1, -0.05) is 0 Å². The molecule has 0 saturated carbocycles. The van der Waals surface area contributed by atoms with E-state index in [0.717, 1.165) is 4.88 Å². The molecule has 0 fully saturated rings. The Labute approximate surface area is 92.1 Å². The lowest BCUT2D eigenvalue weighted by atomic mass is 10.2. The van der Waals surface area contributed by atoms with Crippen LogP contribution >= 0.6 is 24.0 Å². The quantitative estimate of drug-likeness (QED) is 0.622. The molecule has 0 amide bonds. The number of carbonyl (C=O) groups is 1. The van der Waals surface area contributed by atoms with Gasteiger partial charge in [0.05, 0.1) is 6.61 Å². The lowest BCUT2D eigenvalue weighted by Gasteiger charge is -2.05. The lowest BCUT2D eigenvalue weighted by molar-refractivity contribution is 0.0522. The molecular formula is C9H12O3S2. The van der Waals surface area contributed by atoms with Crippen LogP contribution in [0, 0.1) is 0 Å². The fraction of sp³-hybridized carbons (Fsp3) is 0.444. The molecule has 0 bridgehead atoms. The van der Waals surface area contributed by atoms with E-state index in [1.165, 1.54) is 16.7 Å². The predicted molar refractivity (Wildman–Crippen MR) is 59.3 cm³/mol. The second kappa shape index (κ2) is 4.70. The number of aromatic hydroxyl groups is 1. The molecule has 1 N–H and O–H groups in total. The van der Waals surface area contributed by atoms with Crippen LogP contribution in [-0.2, 0) is 4.74 Å². The highest BCUT2D eigenvalue weighted by molar-refractivity contribution is 7.80. The summed E-state index contributed by atoms with van der Waals surface area (Å²) >= 11 is 5.54. The maximum atomic E-state index is 11.4. The highest BCUT2D eigenvalue weighted by Crippen LogP contribution is 2.35. The topological polar surface area (TPSA) is 46.5 Å². The molecule has 0 spiro atoms. The minimum Gasteiger partial charge on any atom is -0.506 e. The Morgan fingerprint density at radius 1 is 1.79 bits per heavy atom. The van der Waals surface area contributed by atoms with Crippen molar-refractivity contribution < 1.29 is 14.6 Å². The average molecular weight is 232 g/mol. The Morgan fingerprint density at radius 3 is 2.93 bits per heavy atom. The Bertz CT molecular complexity index is 331. The van der Waals surface area contributed by atoms with Crippen LogP contribution in [0.1, 0.15) is 34.3 Å². The van der Waals surface area contributed by atoms with Crippen LogP contribution in [-0.4, -0.2) is 17.7 Å². The second-order valence-electron chi connectivity index (χ2n) is 2.76. The molecule has 1 aromatic rings. The maximum Gasteiger partial charge on any atom is 0.343 e. The van der Waals surface area contributed by atoms with E-state index in [4.69, 9.17) is 4.74 Å². The van der Waals surface area contributed by atoms with Crippen molar-refractivity contribution in [1.82, 2.24) is 0 Å². The van der Waals surface area contributed by atoms with E-state index < -0.39 is 5.97 Å². The third-order valence-electron chi connectivity index (χ3n) is 1.66. The highest BCUT2D eigenvalue weighted by atomic mass is 32.1. The van der Waals surface area contributed by atoms with Crippen molar-refractivity contribution in [3.05, 3.63) is 15.8 Å². The maximum absolute atomic E-state index is 11.4. The van der Waals surface area contributed by atoms with E-state index in [-0.39, 0.29) is 16.6 Å². The molecule has 5 heteroatoms. The molecule has 0 aromatic carbocycles. The number of carbonyl (C=O) groups excluding carboxylic acids is 1. The van der Waals surface area contributed by atoms with Gasteiger partial charge in [-0.15, -0.1) is 11.3 Å². The van der Waals surface area contributed by atoms with Crippen molar-refractivity contribution in [1.29, 1.82) is 0 Å². The SMILES string of the molecule is CCOC(=O)c1c(O)csc1C(C)S. The molecule has 14 heavy (non-hydrogen) atoms. The van der Waals surface area contributed by atoms with Crippen molar-refractivity contribution in [2.45, 2.75) is 19.1 Å². The minimum absolute atomic E-state index is 0.0237. The third-order valence-corrected chi connectivity index (χ3v) is 3.24. The summed E-state index contributed by atoms with van der Waals surface area (Å²) in [7, 11) is 0. The van der Waals surface area contributed by atoms with Gasteiger partial charge in [-0.05, 0) is 13.8 Å². The number of thiol groups is 1. The van der Waals surface area contributed by atoms with E-state index in [2.05, 4.69) is 12.6 Å². The molecule has 1 heterocycles. The summed E-state index contributed by atoms with van der Waals surface area (Å²) in [4.78, 5) is 12.2. The van der Waals surface area contributed by atoms with Gasteiger partial charge in [0.15, 0.2) is 0 Å². The van der Waals surface area contributed by atoms with Crippen LogP contribution in [0.5, 0.6) is 5.75 Å². The highest BCUT2D eigenvalue weighted by Gasteiger charge is 2.21. The summed E-state index contributed by atoms with van der Waals surface area (Å²) in [6.45, 7) is 3.87. The van der Waals surface area contributed by atoms with E-state index in [9.17, 15) is 9.90 Å². The molecule has 0 saturated heterocycles. The monoisotopic (exact) mass is 232 g/mol. The van der Waals surface area contributed by atoms with Crippen LogP contribution in [0.3, 0.4) is 0 Å². The largest absolute Gasteiger partial charge is 0.506 e. The number of esters is 1. The Balaban J connectivity index is 3.04. The number of ether oxygens (including phenoxy) is 1. The van der Waals surface area contributed by atoms with Gasteiger partial charge in [0.1, 0.15) is 11.3 Å². The standard InChI is InChI=1S/C9H12O3S2/c1-3-12-9(11)7-6(10)4-14-8(7)5(2)13/h4-5,10,13H,3H2,1-2H3. The van der Waals surface area contributed by atoms with Gasteiger partial charge in [0, 0.05) is 15.5 Å². The molecular weight excluding hydrogens is 220 g/mol. The zero-order chi connectivity index (χ0) is 10.7. The Kier molecular flexibility index (Phi) is 3.83. The first-order chi connectivity index (χ1) is 6.57. The van der Waals surface area contributed by atoms with Gasteiger partial charge in [0.25, 0.3) is 0 Å². The van der Waals surface area contributed by atoms with Gasteiger partial charge in [-0.2, -0.15) is 12.6 Å². The van der Waals surface area contributed by atoms with E-state index in [1.54, 1.807) is 6.92 Å². The summed E-state index contributed by atoms with van der Waals surface area (Å²) in [6, 6.07) is 0. The van der Waals surface area contributed by atoms with Gasteiger partial charge >= 0.3 is 5.97 Å². The van der Waals surface area contributed by atoms with Crippen LogP contribution < -0.4 is 0 Å². The first-order valence-electron chi connectivity index (χ1n) is 4.23. The Morgan fingerprint density at radius 2 is 2.43 bits per heavy atom. The zero-order valence-electron chi connectivity index (χ0n) is 7.98. The van der Waals surface area contributed by atoms with Crippen molar-refractivity contribution in [3.8, 4) is 5.75 Å². The molecule has 0 aliphatic heterocycles. The third kappa shape index (κ3) is 2.22. The molecule has 0 aliphatic rings. The number of hydrogen-bond acceptors (Lipinski definition) is 5. The first kappa shape index (κ1) is 11.4. The Hall–Kier alpha value is -0.680. The van der Waals surface area contributed by atoms with E-state index in [0.29, 0.717) is 6.61 Å². The van der Waals surface area contributed by atoms with Crippen molar-refractivity contribution in [2.75, 3.05) is 6.61 Å². The summed E-state index contributed by atoms with van der Waals surface area (Å²) < 4.78 is 4.83. The zero-order valence-corrected chi connectivity index (χ0v) is 9.69. The lowest BCUT2D eigenvalue weighted by Crippen LogP contribution is -2.06. The summed E-state index contributed by atoms with van der Waals surface area (Å²) in [5.41, 5.74) is 0.249. The van der Waals surface area contributed by atoms with E-state index in [1.807, 2.05) is 6.92 Å². The van der Waals surface area contributed by atoms with Gasteiger partial charge in [0.2, 0.25) is 0 Å². The van der Waals surface area contributed by atoms with Gasteiger partial charge in [-0.3, -0.25) is 0 Å². The molecule has 0 aliphatic carbocycles. The van der Waals surface area contributed by atoms with Crippen LogP contribution in [0.15, 0.2) is 5.38 Å². The normalized spacial score (nSPS) is 12.5. The number of rotatable bonds is 3. The molecule has 1 atom stereocenters. The summed E-state index contributed by atoms with van der Waals surface area (Å²) in [6.07, 6.45) is 0. The van der Waals surface area contributed by atoms with Gasteiger partial charge in [-0.25, -0.2) is 4.79 Å². The van der Waals surface area contributed by atoms with Crippen molar-refractivity contribution in [3.63, 3.8) is 0 Å². The minimum atomic E-state index is -0.484. The fourth-order valence-corrected chi connectivity index (χ4v) is 2.25. The smallest absolute Gasteiger partial charge is 0.343 e. The molecule has 3 nitrogen and oxygen atoms in total. The molecule has 0 radical (unpaired) electrons. The van der Waals surface area contributed by atoms with E-state index >= 15 is 0 Å². The van der Waals surface area contributed by atoms with Crippen molar-refractivity contribution >= 4 is 29.9 Å². The number of thiophene rings is 1. The summed E-state index contributed by atoms with van der Waals surface area (Å²) in [5.74, 6) is -0.508. The second-order valence-corrected chi connectivity index (χ2v) is 4.44. The molecule has 1 rings (SSSR count). The van der Waals surface area contributed by atoms with Gasteiger partial charge < -0.3 is 9.84 Å². The van der Waals surface area contributed by atoms with Crippen LogP contribution in [0.4, 0.5) is 0 Å². The van der Waals surface area contributed by atoms with Crippen LogP contribution in [0.2, 0.25) is 0 Å².